The number of ether oxygens (including phenoxy) is 2. The van der Waals surface area contributed by atoms with Crippen molar-refractivity contribution >= 4 is 11.8 Å². The molecule has 0 aliphatic carbocycles. The van der Waals surface area contributed by atoms with Crippen LogP contribution in [0.15, 0.2) is 6.20 Å². The molecule has 1 heterocycles. The second-order valence-electron chi connectivity index (χ2n) is 3.65. The molecule has 6 nitrogen and oxygen atoms in total. The SMILES string of the molecule is COCCOCCCNc1nc(N)ncc1C. The lowest BCUT2D eigenvalue weighted by Crippen LogP contribution is -2.10. The predicted octanol–water partition coefficient (Wildman–Crippen LogP) is 0.832. The van der Waals surface area contributed by atoms with Crippen LogP contribution in [0, 0.1) is 6.92 Å². The number of hydrogen-bond donors (Lipinski definition) is 2. The van der Waals surface area contributed by atoms with E-state index < -0.39 is 0 Å². The van der Waals surface area contributed by atoms with E-state index >= 15 is 0 Å². The zero-order valence-electron chi connectivity index (χ0n) is 10.4. The molecule has 0 amide bonds. The number of methoxy groups -OCH3 is 1. The summed E-state index contributed by atoms with van der Waals surface area (Å²) in [5, 5.41) is 3.20. The molecule has 0 radical (unpaired) electrons. The van der Waals surface area contributed by atoms with Gasteiger partial charge in [0.25, 0.3) is 0 Å². The first kappa shape index (κ1) is 13.7. The van der Waals surface area contributed by atoms with E-state index in [1.54, 1.807) is 13.3 Å². The van der Waals surface area contributed by atoms with Crippen molar-refractivity contribution in [1.29, 1.82) is 0 Å². The summed E-state index contributed by atoms with van der Waals surface area (Å²) in [6, 6.07) is 0. The molecular formula is C11H20N4O2. The van der Waals surface area contributed by atoms with Crippen LogP contribution in [0.25, 0.3) is 0 Å². The molecule has 0 fully saturated rings. The third kappa shape index (κ3) is 5.46. The fourth-order valence-electron chi connectivity index (χ4n) is 1.26. The first-order chi connectivity index (χ1) is 8.24. The van der Waals surface area contributed by atoms with E-state index in [1.807, 2.05) is 6.92 Å². The highest BCUT2D eigenvalue weighted by atomic mass is 16.5. The number of anilines is 2. The summed E-state index contributed by atoms with van der Waals surface area (Å²) in [4.78, 5) is 8.02. The van der Waals surface area contributed by atoms with Gasteiger partial charge < -0.3 is 20.5 Å². The van der Waals surface area contributed by atoms with Crippen LogP contribution in [-0.4, -0.2) is 43.4 Å². The Morgan fingerprint density at radius 3 is 2.94 bits per heavy atom. The molecule has 1 aromatic rings. The maximum absolute atomic E-state index is 5.51. The second-order valence-corrected chi connectivity index (χ2v) is 3.65. The van der Waals surface area contributed by atoms with Crippen molar-refractivity contribution in [3.63, 3.8) is 0 Å². The van der Waals surface area contributed by atoms with Crippen LogP contribution < -0.4 is 11.1 Å². The quantitative estimate of drug-likeness (QED) is 0.655. The maximum atomic E-state index is 5.51. The standard InChI is InChI=1S/C11H20N4O2/c1-9-8-14-11(12)15-10(9)13-4-3-5-17-7-6-16-2/h8H,3-7H2,1-2H3,(H3,12,13,14,15). The lowest BCUT2D eigenvalue weighted by Gasteiger charge is -2.08. The van der Waals surface area contributed by atoms with E-state index in [0.717, 1.165) is 24.3 Å². The third-order valence-corrected chi connectivity index (χ3v) is 2.18. The summed E-state index contributed by atoms with van der Waals surface area (Å²) in [6.45, 7) is 4.71. The summed E-state index contributed by atoms with van der Waals surface area (Å²) in [5.74, 6) is 1.07. The fraction of sp³-hybridized carbons (Fsp3) is 0.636. The number of aromatic nitrogens is 2. The highest BCUT2D eigenvalue weighted by Gasteiger charge is 2.00. The van der Waals surface area contributed by atoms with Gasteiger partial charge in [-0.05, 0) is 13.3 Å². The molecular weight excluding hydrogens is 220 g/mol. The molecule has 0 aliphatic heterocycles. The topological polar surface area (TPSA) is 82.3 Å². The Morgan fingerprint density at radius 2 is 2.18 bits per heavy atom. The zero-order valence-corrected chi connectivity index (χ0v) is 10.4. The lowest BCUT2D eigenvalue weighted by atomic mass is 10.3. The first-order valence-corrected chi connectivity index (χ1v) is 5.63. The van der Waals surface area contributed by atoms with Gasteiger partial charge in [-0.25, -0.2) is 4.98 Å². The maximum Gasteiger partial charge on any atom is 0.221 e. The Bertz CT molecular complexity index is 333. The fourth-order valence-corrected chi connectivity index (χ4v) is 1.26. The van der Waals surface area contributed by atoms with E-state index in [1.165, 1.54) is 0 Å². The Kier molecular flexibility index (Phi) is 6.27. The first-order valence-electron chi connectivity index (χ1n) is 5.63. The van der Waals surface area contributed by atoms with E-state index in [0.29, 0.717) is 19.8 Å². The number of nitrogens with one attached hydrogen (secondary N) is 1. The van der Waals surface area contributed by atoms with Crippen LogP contribution in [-0.2, 0) is 9.47 Å². The zero-order chi connectivity index (χ0) is 12.5. The van der Waals surface area contributed by atoms with Crippen molar-refractivity contribution in [2.24, 2.45) is 0 Å². The van der Waals surface area contributed by atoms with Crippen LogP contribution in [0.1, 0.15) is 12.0 Å². The summed E-state index contributed by atoms with van der Waals surface area (Å²) < 4.78 is 10.2. The van der Waals surface area contributed by atoms with Crippen molar-refractivity contribution in [2.45, 2.75) is 13.3 Å². The minimum Gasteiger partial charge on any atom is -0.382 e. The number of aryl methyl sites for hydroxylation is 1. The molecule has 96 valence electrons. The van der Waals surface area contributed by atoms with Gasteiger partial charge in [-0.2, -0.15) is 4.98 Å². The smallest absolute Gasteiger partial charge is 0.221 e. The molecule has 1 rings (SSSR count). The van der Waals surface area contributed by atoms with Crippen LogP contribution in [0.4, 0.5) is 11.8 Å². The highest BCUT2D eigenvalue weighted by Crippen LogP contribution is 2.10. The molecule has 0 spiro atoms. The van der Waals surface area contributed by atoms with E-state index in [2.05, 4.69) is 15.3 Å². The number of hydrogen-bond acceptors (Lipinski definition) is 6. The molecule has 0 aliphatic rings. The largest absolute Gasteiger partial charge is 0.382 e. The summed E-state index contributed by atoms with van der Waals surface area (Å²) in [6.07, 6.45) is 2.62. The lowest BCUT2D eigenvalue weighted by molar-refractivity contribution is 0.0705. The number of nitrogens with zero attached hydrogens (tertiary/aromatic N) is 2. The Morgan fingerprint density at radius 1 is 1.35 bits per heavy atom. The van der Waals surface area contributed by atoms with Gasteiger partial charge in [0.2, 0.25) is 5.95 Å². The molecule has 0 aromatic carbocycles. The molecule has 1 aromatic heterocycles. The molecule has 3 N–H and O–H groups in total. The Labute approximate surface area is 102 Å². The van der Waals surface area contributed by atoms with Crippen molar-refractivity contribution in [3.05, 3.63) is 11.8 Å². The van der Waals surface area contributed by atoms with E-state index in [9.17, 15) is 0 Å². The van der Waals surface area contributed by atoms with Crippen LogP contribution in [0.3, 0.4) is 0 Å². The Hall–Kier alpha value is -1.40. The number of nitrogen functional groups attached to an aromatic ring is 1. The summed E-state index contributed by atoms with van der Waals surface area (Å²) >= 11 is 0. The average Bonchev–Trinajstić information content (AvgIpc) is 2.32. The van der Waals surface area contributed by atoms with Crippen molar-refractivity contribution < 1.29 is 9.47 Å². The average molecular weight is 240 g/mol. The highest BCUT2D eigenvalue weighted by molar-refractivity contribution is 5.44. The molecule has 0 saturated heterocycles. The molecule has 0 saturated carbocycles. The minimum atomic E-state index is 0.287. The van der Waals surface area contributed by atoms with Gasteiger partial charge in [0.05, 0.1) is 13.2 Å². The van der Waals surface area contributed by atoms with Crippen molar-refractivity contribution in [2.75, 3.05) is 44.5 Å². The second kappa shape index (κ2) is 7.81. The van der Waals surface area contributed by atoms with E-state index in [4.69, 9.17) is 15.2 Å². The third-order valence-electron chi connectivity index (χ3n) is 2.18. The number of nitrogens with two attached hydrogens (primary N) is 1. The van der Waals surface area contributed by atoms with Crippen LogP contribution in [0.5, 0.6) is 0 Å². The van der Waals surface area contributed by atoms with Gasteiger partial charge in [-0.1, -0.05) is 0 Å². The molecule has 0 unspecified atom stereocenters. The van der Waals surface area contributed by atoms with Crippen molar-refractivity contribution in [3.8, 4) is 0 Å². The van der Waals surface area contributed by atoms with Gasteiger partial charge in [0.1, 0.15) is 5.82 Å². The van der Waals surface area contributed by atoms with Crippen LogP contribution in [0.2, 0.25) is 0 Å². The van der Waals surface area contributed by atoms with Gasteiger partial charge >= 0.3 is 0 Å². The van der Waals surface area contributed by atoms with E-state index in [-0.39, 0.29) is 5.95 Å². The molecule has 0 bridgehead atoms. The minimum absolute atomic E-state index is 0.287. The van der Waals surface area contributed by atoms with Gasteiger partial charge in [-0.3, -0.25) is 0 Å². The summed E-state index contributed by atoms with van der Waals surface area (Å²) in [7, 11) is 1.66. The number of rotatable bonds is 8. The monoisotopic (exact) mass is 240 g/mol. The van der Waals surface area contributed by atoms with Gasteiger partial charge in [0, 0.05) is 32.0 Å². The normalized spacial score (nSPS) is 10.5. The Balaban J connectivity index is 2.15. The van der Waals surface area contributed by atoms with Gasteiger partial charge in [0.15, 0.2) is 0 Å². The molecule has 0 atom stereocenters. The van der Waals surface area contributed by atoms with Crippen molar-refractivity contribution in [1.82, 2.24) is 9.97 Å². The molecule has 6 heteroatoms. The van der Waals surface area contributed by atoms with Crippen LogP contribution >= 0.6 is 0 Å². The summed E-state index contributed by atoms with van der Waals surface area (Å²) in [5.41, 5.74) is 6.50. The molecule has 17 heavy (non-hydrogen) atoms. The van der Waals surface area contributed by atoms with Gasteiger partial charge in [-0.15, -0.1) is 0 Å². The predicted molar refractivity (Wildman–Crippen MR) is 67.0 cm³/mol.